The van der Waals surface area contributed by atoms with Crippen LogP contribution in [0.15, 0.2) is 11.1 Å². The van der Waals surface area contributed by atoms with Gasteiger partial charge in [0.05, 0.1) is 11.7 Å². The van der Waals surface area contributed by atoms with E-state index in [9.17, 15) is 9.59 Å². The fraction of sp³-hybridized carbons (Fsp3) is 0.650. The van der Waals surface area contributed by atoms with Crippen molar-refractivity contribution in [1.82, 2.24) is 14.9 Å². The molecule has 0 atom stereocenters. The van der Waals surface area contributed by atoms with Gasteiger partial charge in [-0.25, -0.2) is 4.98 Å². The molecule has 6 heteroatoms. The smallest absolute Gasteiger partial charge is 0.262 e. The largest absolute Gasteiger partial charge is 0.350 e. The number of aromatic nitrogens is 2. The van der Waals surface area contributed by atoms with Gasteiger partial charge in [-0.15, -0.1) is 11.3 Å². The summed E-state index contributed by atoms with van der Waals surface area (Å²) in [5, 5.41) is 3.80. The summed E-state index contributed by atoms with van der Waals surface area (Å²) in [7, 11) is 0. The molecule has 2 heterocycles. The fourth-order valence-corrected chi connectivity index (χ4v) is 5.45. The highest BCUT2D eigenvalue weighted by atomic mass is 32.1. The van der Waals surface area contributed by atoms with Crippen molar-refractivity contribution in [3.8, 4) is 0 Å². The van der Waals surface area contributed by atoms with Gasteiger partial charge in [0.15, 0.2) is 0 Å². The maximum Gasteiger partial charge on any atom is 0.262 e. The van der Waals surface area contributed by atoms with Crippen LogP contribution in [0.4, 0.5) is 0 Å². The number of amides is 1. The van der Waals surface area contributed by atoms with Gasteiger partial charge in [0.1, 0.15) is 11.4 Å². The molecule has 142 valence electrons. The van der Waals surface area contributed by atoms with E-state index in [1.165, 1.54) is 22.2 Å². The number of fused-ring (bicyclic) bond motifs is 3. The highest BCUT2D eigenvalue weighted by molar-refractivity contribution is 7.18. The zero-order chi connectivity index (χ0) is 19.1. The lowest BCUT2D eigenvalue weighted by Crippen LogP contribution is -2.47. The molecule has 0 radical (unpaired) electrons. The molecule has 0 aromatic carbocycles. The van der Waals surface area contributed by atoms with E-state index in [1.54, 1.807) is 11.3 Å². The van der Waals surface area contributed by atoms with Crippen LogP contribution in [0.3, 0.4) is 0 Å². The first-order valence-corrected chi connectivity index (χ1v) is 10.2. The number of rotatable bonds is 4. The van der Waals surface area contributed by atoms with Crippen LogP contribution in [0, 0.1) is 5.41 Å². The van der Waals surface area contributed by atoms with Gasteiger partial charge in [-0.3, -0.25) is 14.2 Å². The zero-order valence-electron chi connectivity index (χ0n) is 16.4. The first-order chi connectivity index (χ1) is 12.1. The Balaban J connectivity index is 1.82. The lowest BCUT2D eigenvalue weighted by atomic mass is 9.82. The Kier molecular flexibility index (Phi) is 4.99. The van der Waals surface area contributed by atoms with Crippen molar-refractivity contribution in [2.75, 3.05) is 0 Å². The highest BCUT2D eigenvalue weighted by Crippen LogP contribution is 2.33. The van der Waals surface area contributed by atoms with E-state index in [2.05, 4.69) is 31.1 Å². The number of carbonyl (C=O) groups excluding carboxylic acids is 1. The predicted molar refractivity (Wildman–Crippen MR) is 107 cm³/mol. The molecule has 0 spiro atoms. The Morgan fingerprint density at radius 1 is 1.23 bits per heavy atom. The second kappa shape index (κ2) is 6.80. The summed E-state index contributed by atoms with van der Waals surface area (Å²) >= 11 is 1.63. The Bertz CT molecular complexity index is 887. The van der Waals surface area contributed by atoms with Gasteiger partial charge < -0.3 is 5.32 Å². The van der Waals surface area contributed by atoms with Crippen molar-refractivity contribution in [3.63, 3.8) is 0 Å². The standard InChI is InChI=1S/C20H29N3O2S/c1-19(2,3)11-20(4,5)22-15(24)10-23-12-21-17-16(18(23)25)13-8-6-7-9-14(13)26-17/h12H,6-11H2,1-5H3,(H,22,24). The van der Waals surface area contributed by atoms with E-state index >= 15 is 0 Å². The summed E-state index contributed by atoms with van der Waals surface area (Å²) in [6, 6.07) is 0. The SMILES string of the molecule is CC(C)(C)CC(C)(C)NC(=O)Cn1cnc2sc3c(c2c1=O)CCCC3. The minimum atomic E-state index is -0.321. The van der Waals surface area contributed by atoms with Crippen molar-refractivity contribution in [2.45, 2.75) is 78.8 Å². The minimum absolute atomic E-state index is 0.0139. The van der Waals surface area contributed by atoms with Gasteiger partial charge in [0.2, 0.25) is 5.91 Å². The van der Waals surface area contributed by atoms with Crippen molar-refractivity contribution in [3.05, 3.63) is 27.1 Å². The summed E-state index contributed by atoms with van der Waals surface area (Å²) in [6.07, 6.45) is 6.66. The molecule has 0 saturated carbocycles. The molecule has 1 N–H and O–H groups in total. The fourth-order valence-electron chi connectivity index (χ4n) is 4.24. The van der Waals surface area contributed by atoms with Crippen LogP contribution in [0.5, 0.6) is 0 Å². The van der Waals surface area contributed by atoms with Crippen LogP contribution < -0.4 is 10.9 Å². The van der Waals surface area contributed by atoms with Crippen LogP contribution >= 0.6 is 11.3 Å². The number of thiophene rings is 1. The van der Waals surface area contributed by atoms with Gasteiger partial charge in [-0.05, 0) is 56.9 Å². The maximum absolute atomic E-state index is 12.9. The number of hydrogen-bond acceptors (Lipinski definition) is 4. The number of hydrogen-bond donors (Lipinski definition) is 1. The van der Waals surface area contributed by atoms with Crippen LogP contribution in [0.2, 0.25) is 0 Å². The molecule has 3 rings (SSSR count). The predicted octanol–water partition coefficient (Wildman–Crippen LogP) is 3.67. The molecule has 0 aliphatic heterocycles. The molecular weight excluding hydrogens is 346 g/mol. The van der Waals surface area contributed by atoms with Crippen LogP contribution in [-0.4, -0.2) is 21.0 Å². The first kappa shape index (κ1) is 19.1. The van der Waals surface area contributed by atoms with Crippen LogP contribution in [-0.2, 0) is 24.2 Å². The van der Waals surface area contributed by atoms with Gasteiger partial charge in [-0.1, -0.05) is 20.8 Å². The molecule has 2 aromatic rings. The molecule has 1 aliphatic carbocycles. The second-order valence-electron chi connectivity index (χ2n) is 9.24. The third kappa shape index (κ3) is 4.17. The van der Waals surface area contributed by atoms with E-state index in [1.807, 2.05) is 13.8 Å². The third-order valence-electron chi connectivity index (χ3n) is 4.71. The molecule has 0 unspecified atom stereocenters. The Labute approximate surface area is 158 Å². The summed E-state index contributed by atoms with van der Waals surface area (Å²) in [6.45, 7) is 10.5. The van der Waals surface area contributed by atoms with Gasteiger partial charge in [0, 0.05) is 10.4 Å². The van der Waals surface area contributed by atoms with Crippen LogP contribution in [0.1, 0.15) is 64.3 Å². The average molecular weight is 376 g/mol. The lowest BCUT2D eigenvalue weighted by Gasteiger charge is -2.33. The quantitative estimate of drug-likeness (QED) is 0.887. The monoisotopic (exact) mass is 375 g/mol. The second-order valence-corrected chi connectivity index (χ2v) is 10.3. The normalized spacial score (nSPS) is 15.1. The van der Waals surface area contributed by atoms with E-state index < -0.39 is 0 Å². The molecule has 26 heavy (non-hydrogen) atoms. The molecule has 2 aromatic heterocycles. The highest BCUT2D eigenvalue weighted by Gasteiger charge is 2.27. The van der Waals surface area contributed by atoms with E-state index in [-0.39, 0.29) is 29.0 Å². The van der Waals surface area contributed by atoms with Crippen molar-refractivity contribution in [2.24, 2.45) is 5.41 Å². The van der Waals surface area contributed by atoms with E-state index in [0.717, 1.165) is 41.5 Å². The van der Waals surface area contributed by atoms with Crippen molar-refractivity contribution >= 4 is 27.5 Å². The van der Waals surface area contributed by atoms with Gasteiger partial charge in [0.25, 0.3) is 5.56 Å². The van der Waals surface area contributed by atoms with Gasteiger partial charge in [-0.2, -0.15) is 0 Å². The molecule has 1 aliphatic rings. The Hall–Kier alpha value is -1.69. The molecule has 0 saturated heterocycles. The average Bonchev–Trinajstić information content (AvgIpc) is 2.86. The molecule has 0 fully saturated rings. The van der Waals surface area contributed by atoms with Crippen LogP contribution in [0.25, 0.3) is 10.2 Å². The van der Waals surface area contributed by atoms with Gasteiger partial charge >= 0.3 is 0 Å². The summed E-state index contributed by atoms with van der Waals surface area (Å²) < 4.78 is 1.45. The summed E-state index contributed by atoms with van der Waals surface area (Å²) in [5.41, 5.74) is 0.872. The summed E-state index contributed by atoms with van der Waals surface area (Å²) in [5.74, 6) is -0.147. The maximum atomic E-state index is 12.9. The van der Waals surface area contributed by atoms with E-state index in [0.29, 0.717) is 0 Å². The first-order valence-electron chi connectivity index (χ1n) is 9.36. The molecule has 1 amide bonds. The molecule has 0 bridgehead atoms. The summed E-state index contributed by atoms with van der Waals surface area (Å²) in [4.78, 5) is 32.0. The minimum Gasteiger partial charge on any atom is -0.350 e. The number of aryl methyl sites for hydroxylation is 2. The lowest BCUT2D eigenvalue weighted by molar-refractivity contribution is -0.123. The Morgan fingerprint density at radius 2 is 1.92 bits per heavy atom. The molecular formula is C20H29N3O2S. The third-order valence-corrected chi connectivity index (χ3v) is 5.91. The van der Waals surface area contributed by atoms with Crippen molar-refractivity contribution < 1.29 is 4.79 Å². The number of nitrogens with zero attached hydrogens (tertiary/aromatic N) is 2. The zero-order valence-corrected chi connectivity index (χ0v) is 17.3. The van der Waals surface area contributed by atoms with E-state index in [4.69, 9.17) is 0 Å². The topological polar surface area (TPSA) is 64.0 Å². The number of carbonyl (C=O) groups is 1. The Morgan fingerprint density at radius 3 is 2.62 bits per heavy atom. The van der Waals surface area contributed by atoms with Crippen molar-refractivity contribution in [1.29, 1.82) is 0 Å². The number of nitrogens with one attached hydrogen (secondary N) is 1. The molecule has 5 nitrogen and oxygen atoms in total.